The van der Waals surface area contributed by atoms with E-state index in [0.29, 0.717) is 30.0 Å². The monoisotopic (exact) mass is 274 g/mol. The number of carbonyl (C=O) groups excluding carboxylic acids is 2. The molecule has 0 saturated heterocycles. The summed E-state index contributed by atoms with van der Waals surface area (Å²) in [6, 6.07) is 1.91. The Labute approximate surface area is 114 Å². The van der Waals surface area contributed by atoms with E-state index < -0.39 is 0 Å². The highest BCUT2D eigenvalue weighted by Gasteiger charge is 2.28. The second-order valence-electron chi connectivity index (χ2n) is 4.69. The fraction of sp³-hybridized carbons (Fsp3) is 0.333. The van der Waals surface area contributed by atoms with E-state index >= 15 is 0 Å². The fourth-order valence-corrected chi connectivity index (χ4v) is 2.15. The molecule has 0 aromatic carbocycles. The third-order valence-electron chi connectivity index (χ3n) is 3.33. The quantitative estimate of drug-likeness (QED) is 0.710. The molecular formula is C12H14N6O2. The highest BCUT2D eigenvalue weighted by atomic mass is 16.2. The van der Waals surface area contributed by atoms with Crippen molar-refractivity contribution < 1.29 is 9.59 Å². The number of hydrogen-bond acceptors (Lipinski definition) is 4. The number of rotatable bonds is 3. The second kappa shape index (κ2) is 4.48. The van der Waals surface area contributed by atoms with Crippen molar-refractivity contribution in [1.82, 2.24) is 30.6 Å². The van der Waals surface area contributed by atoms with Crippen LogP contribution in [-0.2, 0) is 20.1 Å². The van der Waals surface area contributed by atoms with E-state index in [1.165, 1.54) is 0 Å². The van der Waals surface area contributed by atoms with Crippen LogP contribution in [-0.4, -0.2) is 31.8 Å². The molecule has 1 aliphatic heterocycles. The Balaban J connectivity index is 1.71. The van der Waals surface area contributed by atoms with Gasteiger partial charge in [-0.2, -0.15) is 10.2 Å². The van der Waals surface area contributed by atoms with Crippen molar-refractivity contribution in [3.8, 4) is 0 Å². The lowest BCUT2D eigenvalue weighted by Crippen LogP contribution is -2.25. The van der Waals surface area contributed by atoms with Crippen molar-refractivity contribution >= 4 is 11.8 Å². The molecule has 0 aliphatic carbocycles. The van der Waals surface area contributed by atoms with Crippen molar-refractivity contribution in [2.24, 2.45) is 7.05 Å². The molecule has 8 heteroatoms. The van der Waals surface area contributed by atoms with Crippen molar-refractivity contribution in [3.05, 3.63) is 34.4 Å². The Bertz CT molecular complexity index is 679. The van der Waals surface area contributed by atoms with E-state index in [0.717, 1.165) is 11.4 Å². The molecule has 2 amide bonds. The van der Waals surface area contributed by atoms with Crippen molar-refractivity contribution in [3.63, 3.8) is 0 Å². The SMILES string of the molecule is Cc1cc(CNC(=O)c2[nH]nc3c2CNC3=O)nn1C. The highest BCUT2D eigenvalue weighted by molar-refractivity contribution is 6.02. The number of nitrogens with one attached hydrogen (secondary N) is 3. The average Bonchev–Trinajstić information content (AvgIpc) is 3.06. The number of aromatic amines is 1. The van der Waals surface area contributed by atoms with E-state index in [-0.39, 0.29) is 11.8 Å². The van der Waals surface area contributed by atoms with Gasteiger partial charge in [0.15, 0.2) is 5.69 Å². The standard InChI is InChI=1S/C12H14N6O2/c1-6-3-7(17-18(6)2)4-13-11(19)9-8-5-14-12(20)10(8)16-15-9/h3H,4-5H2,1-2H3,(H,13,19)(H,14,20)(H,15,16). The first-order valence-corrected chi connectivity index (χ1v) is 6.19. The van der Waals surface area contributed by atoms with Crippen LogP contribution in [0.5, 0.6) is 0 Å². The van der Waals surface area contributed by atoms with Gasteiger partial charge in [-0.15, -0.1) is 0 Å². The minimum atomic E-state index is -0.293. The molecule has 0 fully saturated rings. The van der Waals surface area contributed by atoms with Gasteiger partial charge in [-0.25, -0.2) is 0 Å². The van der Waals surface area contributed by atoms with Gasteiger partial charge in [0.2, 0.25) is 0 Å². The van der Waals surface area contributed by atoms with E-state index in [9.17, 15) is 9.59 Å². The van der Waals surface area contributed by atoms with E-state index in [4.69, 9.17) is 0 Å². The van der Waals surface area contributed by atoms with Gasteiger partial charge in [0.05, 0.1) is 12.2 Å². The highest BCUT2D eigenvalue weighted by Crippen LogP contribution is 2.16. The van der Waals surface area contributed by atoms with Crippen LogP contribution >= 0.6 is 0 Å². The lowest BCUT2D eigenvalue weighted by Gasteiger charge is -2.02. The number of fused-ring (bicyclic) bond motifs is 1. The largest absolute Gasteiger partial charge is 0.346 e. The van der Waals surface area contributed by atoms with Crippen LogP contribution in [0.25, 0.3) is 0 Å². The number of aromatic nitrogens is 4. The molecule has 3 heterocycles. The molecule has 0 atom stereocenters. The van der Waals surface area contributed by atoms with Gasteiger partial charge in [0, 0.05) is 24.8 Å². The Morgan fingerprint density at radius 3 is 3.05 bits per heavy atom. The summed E-state index contributed by atoms with van der Waals surface area (Å²) in [5, 5.41) is 16.1. The molecule has 0 spiro atoms. The molecule has 0 radical (unpaired) electrons. The number of amides is 2. The van der Waals surface area contributed by atoms with Gasteiger partial charge in [-0.3, -0.25) is 19.4 Å². The lowest BCUT2D eigenvalue weighted by atomic mass is 10.2. The van der Waals surface area contributed by atoms with Crippen LogP contribution in [0.4, 0.5) is 0 Å². The average molecular weight is 274 g/mol. The summed E-state index contributed by atoms with van der Waals surface area (Å²) in [7, 11) is 1.85. The van der Waals surface area contributed by atoms with Crippen LogP contribution in [0, 0.1) is 6.92 Å². The van der Waals surface area contributed by atoms with Gasteiger partial charge in [-0.1, -0.05) is 0 Å². The summed E-state index contributed by atoms with van der Waals surface area (Å²) in [5.41, 5.74) is 3.04. The number of hydrogen-bond donors (Lipinski definition) is 3. The first-order valence-electron chi connectivity index (χ1n) is 6.19. The molecule has 2 aromatic heterocycles. The molecule has 3 N–H and O–H groups in total. The van der Waals surface area contributed by atoms with Crippen molar-refractivity contribution in [2.75, 3.05) is 0 Å². The van der Waals surface area contributed by atoms with Crippen LogP contribution in [0.15, 0.2) is 6.07 Å². The first kappa shape index (κ1) is 12.4. The molecule has 0 unspecified atom stereocenters. The number of aryl methyl sites for hydroxylation is 2. The van der Waals surface area contributed by atoms with E-state index in [2.05, 4.69) is 25.9 Å². The molecule has 104 valence electrons. The van der Waals surface area contributed by atoms with Crippen LogP contribution in [0.3, 0.4) is 0 Å². The predicted octanol–water partition coefficient (Wildman–Crippen LogP) is -0.375. The minimum absolute atomic E-state index is 0.254. The zero-order chi connectivity index (χ0) is 14.3. The van der Waals surface area contributed by atoms with Crippen LogP contribution in [0.2, 0.25) is 0 Å². The molecule has 0 bridgehead atoms. The maximum Gasteiger partial charge on any atom is 0.272 e. The van der Waals surface area contributed by atoms with Gasteiger partial charge in [0.25, 0.3) is 11.8 Å². The van der Waals surface area contributed by atoms with Gasteiger partial charge < -0.3 is 10.6 Å². The Morgan fingerprint density at radius 1 is 1.55 bits per heavy atom. The normalized spacial score (nSPS) is 13.2. The molecule has 0 saturated carbocycles. The van der Waals surface area contributed by atoms with Crippen LogP contribution in [0.1, 0.15) is 37.9 Å². The molecule has 20 heavy (non-hydrogen) atoms. The minimum Gasteiger partial charge on any atom is -0.346 e. The van der Waals surface area contributed by atoms with Crippen LogP contribution < -0.4 is 10.6 Å². The summed E-state index contributed by atoms with van der Waals surface area (Å²) in [6.07, 6.45) is 0. The Hall–Kier alpha value is -2.64. The third kappa shape index (κ3) is 1.94. The van der Waals surface area contributed by atoms with E-state index in [1.807, 2.05) is 20.0 Å². The molecule has 3 rings (SSSR count). The predicted molar refractivity (Wildman–Crippen MR) is 68.9 cm³/mol. The van der Waals surface area contributed by atoms with Gasteiger partial charge in [-0.05, 0) is 13.0 Å². The molecule has 2 aromatic rings. The molecular weight excluding hydrogens is 260 g/mol. The zero-order valence-corrected chi connectivity index (χ0v) is 11.1. The molecule has 1 aliphatic rings. The topological polar surface area (TPSA) is 105 Å². The van der Waals surface area contributed by atoms with Crippen molar-refractivity contribution in [2.45, 2.75) is 20.0 Å². The van der Waals surface area contributed by atoms with Gasteiger partial charge >= 0.3 is 0 Å². The van der Waals surface area contributed by atoms with E-state index in [1.54, 1.807) is 4.68 Å². The summed E-state index contributed by atoms with van der Waals surface area (Å²) in [6.45, 7) is 2.60. The summed E-state index contributed by atoms with van der Waals surface area (Å²) in [4.78, 5) is 23.5. The summed E-state index contributed by atoms with van der Waals surface area (Å²) in [5.74, 6) is -0.547. The Morgan fingerprint density at radius 2 is 2.35 bits per heavy atom. The lowest BCUT2D eigenvalue weighted by molar-refractivity contribution is 0.0937. The Kier molecular flexibility index (Phi) is 2.78. The molecule has 8 nitrogen and oxygen atoms in total. The zero-order valence-electron chi connectivity index (χ0n) is 11.1. The number of carbonyl (C=O) groups is 2. The van der Waals surface area contributed by atoms with Gasteiger partial charge in [0.1, 0.15) is 5.69 Å². The fourth-order valence-electron chi connectivity index (χ4n) is 2.15. The number of nitrogens with zero attached hydrogens (tertiary/aromatic N) is 3. The first-order chi connectivity index (χ1) is 9.56. The summed E-state index contributed by atoms with van der Waals surface area (Å²) >= 11 is 0. The second-order valence-corrected chi connectivity index (χ2v) is 4.69. The maximum atomic E-state index is 12.1. The summed E-state index contributed by atoms with van der Waals surface area (Å²) < 4.78 is 1.75. The number of H-pyrrole nitrogens is 1. The maximum absolute atomic E-state index is 12.1. The smallest absolute Gasteiger partial charge is 0.272 e. The van der Waals surface area contributed by atoms with Crippen molar-refractivity contribution in [1.29, 1.82) is 0 Å². The third-order valence-corrected chi connectivity index (χ3v) is 3.33.